The molecule has 0 spiro atoms. The van der Waals surface area contributed by atoms with Gasteiger partial charge in [0.1, 0.15) is 6.26 Å². The highest BCUT2D eigenvalue weighted by molar-refractivity contribution is 7.10. The summed E-state index contributed by atoms with van der Waals surface area (Å²) in [4.78, 5) is 24.8. The maximum atomic E-state index is 11.9. The predicted molar refractivity (Wildman–Crippen MR) is 73.3 cm³/mol. The highest BCUT2D eigenvalue weighted by Crippen LogP contribution is 2.18. The lowest BCUT2D eigenvalue weighted by Gasteiger charge is -2.13. The summed E-state index contributed by atoms with van der Waals surface area (Å²) in [7, 11) is 1.67. The number of amides is 1. The molecule has 0 fully saturated rings. The minimum Gasteiger partial charge on any atom is -0.478 e. The maximum absolute atomic E-state index is 11.9. The first kappa shape index (κ1) is 14.0. The SMILES string of the molecule is CN(Cc1cc(C=CC(=O)O)cs1)C(=O)c1ccon1. The first-order chi connectivity index (χ1) is 9.56. The van der Waals surface area contributed by atoms with Gasteiger partial charge in [-0.05, 0) is 23.1 Å². The third kappa shape index (κ3) is 3.55. The van der Waals surface area contributed by atoms with Crippen LogP contribution in [0, 0.1) is 0 Å². The van der Waals surface area contributed by atoms with E-state index in [0.29, 0.717) is 6.54 Å². The molecule has 2 aromatic heterocycles. The zero-order chi connectivity index (χ0) is 14.5. The second kappa shape index (κ2) is 6.16. The van der Waals surface area contributed by atoms with Gasteiger partial charge in [-0.3, -0.25) is 4.79 Å². The Balaban J connectivity index is 2.00. The number of thiophene rings is 1. The Labute approximate surface area is 118 Å². The molecule has 20 heavy (non-hydrogen) atoms. The lowest BCUT2D eigenvalue weighted by molar-refractivity contribution is -0.131. The van der Waals surface area contributed by atoms with Gasteiger partial charge in [-0.2, -0.15) is 0 Å². The number of aliphatic carboxylic acids is 1. The summed E-state index contributed by atoms with van der Waals surface area (Å²) in [5, 5.41) is 14.0. The highest BCUT2D eigenvalue weighted by Gasteiger charge is 2.15. The fourth-order valence-corrected chi connectivity index (χ4v) is 2.47. The average Bonchev–Trinajstić information content (AvgIpc) is 3.06. The highest BCUT2D eigenvalue weighted by atomic mass is 32.1. The van der Waals surface area contributed by atoms with Crippen LogP contribution in [0.25, 0.3) is 6.08 Å². The summed E-state index contributed by atoms with van der Waals surface area (Å²) in [5.74, 6) is -1.22. The van der Waals surface area contributed by atoms with Crippen molar-refractivity contribution in [3.8, 4) is 0 Å². The van der Waals surface area contributed by atoms with Crippen molar-refractivity contribution in [1.29, 1.82) is 0 Å². The molecule has 0 atom stereocenters. The molecule has 6 nitrogen and oxygen atoms in total. The Morgan fingerprint density at radius 3 is 3.00 bits per heavy atom. The number of carbonyl (C=O) groups excluding carboxylic acids is 1. The van der Waals surface area contributed by atoms with E-state index in [0.717, 1.165) is 16.5 Å². The molecule has 0 bridgehead atoms. The maximum Gasteiger partial charge on any atom is 0.328 e. The number of carbonyl (C=O) groups is 2. The molecular formula is C13H12N2O4S. The van der Waals surface area contributed by atoms with E-state index < -0.39 is 5.97 Å². The van der Waals surface area contributed by atoms with Gasteiger partial charge in [0.2, 0.25) is 0 Å². The fraction of sp³-hybridized carbons (Fsp3) is 0.154. The Bertz CT molecular complexity index is 631. The summed E-state index contributed by atoms with van der Waals surface area (Å²) >= 11 is 1.46. The summed E-state index contributed by atoms with van der Waals surface area (Å²) in [6.07, 6.45) is 3.94. The third-order valence-corrected chi connectivity index (χ3v) is 3.43. The van der Waals surface area contributed by atoms with E-state index in [1.165, 1.54) is 34.6 Å². The van der Waals surface area contributed by atoms with Crippen LogP contribution in [0.1, 0.15) is 20.9 Å². The number of nitrogens with zero attached hydrogens (tertiary/aromatic N) is 2. The number of carboxylic acids is 1. The summed E-state index contributed by atoms with van der Waals surface area (Å²) in [5.41, 5.74) is 1.06. The van der Waals surface area contributed by atoms with Crippen LogP contribution in [0.4, 0.5) is 0 Å². The van der Waals surface area contributed by atoms with Gasteiger partial charge >= 0.3 is 5.97 Å². The monoisotopic (exact) mass is 292 g/mol. The average molecular weight is 292 g/mol. The van der Waals surface area contributed by atoms with Gasteiger partial charge in [0.15, 0.2) is 5.69 Å². The van der Waals surface area contributed by atoms with Crippen LogP contribution in [-0.4, -0.2) is 34.1 Å². The largest absolute Gasteiger partial charge is 0.478 e. The topological polar surface area (TPSA) is 83.6 Å². The van der Waals surface area contributed by atoms with E-state index in [-0.39, 0.29) is 11.6 Å². The molecule has 2 heterocycles. The van der Waals surface area contributed by atoms with Crippen LogP contribution in [-0.2, 0) is 11.3 Å². The quantitative estimate of drug-likeness (QED) is 0.853. The fourth-order valence-electron chi connectivity index (χ4n) is 1.56. The van der Waals surface area contributed by atoms with Crippen molar-refractivity contribution in [2.24, 2.45) is 0 Å². The number of hydrogen-bond donors (Lipinski definition) is 1. The lowest BCUT2D eigenvalue weighted by atomic mass is 10.2. The van der Waals surface area contributed by atoms with Gasteiger partial charge in [0.25, 0.3) is 5.91 Å². The first-order valence-corrected chi connectivity index (χ1v) is 6.58. The van der Waals surface area contributed by atoms with Crippen LogP contribution in [0.2, 0.25) is 0 Å². The molecule has 0 aliphatic rings. The van der Waals surface area contributed by atoms with Crippen LogP contribution >= 0.6 is 11.3 Å². The van der Waals surface area contributed by atoms with E-state index in [1.54, 1.807) is 7.05 Å². The standard InChI is InChI=1S/C13H12N2O4S/c1-15(13(18)11-4-5-19-14-11)7-10-6-9(8-20-10)2-3-12(16)17/h2-6,8H,7H2,1H3,(H,16,17). The Hall–Kier alpha value is -2.41. The van der Waals surface area contributed by atoms with Crippen molar-refractivity contribution < 1.29 is 19.2 Å². The number of rotatable bonds is 5. The van der Waals surface area contributed by atoms with Crippen LogP contribution in [0.5, 0.6) is 0 Å². The Morgan fingerprint density at radius 2 is 2.35 bits per heavy atom. The van der Waals surface area contributed by atoms with E-state index in [9.17, 15) is 9.59 Å². The second-order valence-electron chi connectivity index (χ2n) is 4.06. The van der Waals surface area contributed by atoms with E-state index in [2.05, 4.69) is 9.68 Å². The molecule has 1 amide bonds. The summed E-state index contributed by atoms with van der Waals surface area (Å²) in [6.45, 7) is 0.428. The van der Waals surface area contributed by atoms with Gasteiger partial charge < -0.3 is 14.5 Å². The van der Waals surface area contributed by atoms with Crippen molar-refractivity contribution in [2.45, 2.75) is 6.54 Å². The van der Waals surface area contributed by atoms with Crippen molar-refractivity contribution in [2.75, 3.05) is 7.05 Å². The van der Waals surface area contributed by atoms with Crippen LogP contribution in [0.15, 0.2) is 34.4 Å². The van der Waals surface area contributed by atoms with Gasteiger partial charge in [0, 0.05) is 24.1 Å². The molecule has 7 heteroatoms. The molecule has 0 aliphatic carbocycles. The summed E-state index contributed by atoms with van der Waals surface area (Å²) < 4.78 is 4.63. The smallest absolute Gasteiger partial charge is 0.328 e. The van der Waals surface area contributed by atoms with Gasteiger partial charge in [0.05, 0.1) is 6.54 Å². The Kier molecular flexibility index (Phi) is 4.31. The zero-order valence-corrected chi connectivity index (χ0v) is 11.5. The first-order valence-electron chi connectivity index (χ1n) is 5.70. The second-order valence-corrected chi connectivity index (χ2v) is 5.06. The van der Waals surface area contributed by atoms with Crippen molar-refractivity contribution in [3.63, 3.8) is 0 Å². The molecule has 104 valence electrons. The van der Waals surface area contributed by atoms with E-state index in [4.69, 9.17) is 5.11 Å². The molecule has 0 saturated carbocycles. The molecular weight excluding hydrogens is 280 g/mol. The molecule has 0 saturated heterocycles. The number of hydrogen-bond acceptors (Lipinski definition) is 5. The van der Waals surface area contributed by atoms with Crippen LogP contribution in [0.3, 0.4) is 0 Å². The van der Waals surface area contributed by atoms with Crippen molar-refractivity contribution in [3.05, 3.63) is 46.0 Å². The van der Waals surface area contributed by atoms with Gasteiger partial charge in [-0.1, -0.05) is 5.16 Å². The molecule has 0 aromatic carbocycles. The van der Waals surface area contributed by atoms with Gasteiger partial charge in [-0.15, -0.1) is 11.3 Å². The molecule has 1 N–H and O–H groups in total. The van der Waals surface area contributed by atoms with Crippen molar-refractivity contribution in [1.82, 2.24) is 10.1 Å². The minimum absolute atomic E-state index is 0.227. The number of carboxylic acid groups (broad SMARTS) is 1. The normalized spacial score (nSPS) is 10.8. The van der Waals surface area contributed by atoms with Gasteiger partial charge in [-0.25, -0.2) is 4.79 Å². The zero-order valence-electron chi connectivity index (χ0n) is 10.6. The number of aromatic nitrogens is 1. The van der Waals surface area contributed by atoms with Crippen molar-refractivity contribution >= 4 is 29.3 Å². The predicted octanol–water partition coefficient (Wildman–Crippen LogP) is 2.11. The molecule has 2 rings (SSSR count). The molecule has 0 radical (unpaired) electrons. The molecule has 0 unspecified atom stereocenters. The van der Waals surface area contributed by atoms with Crippen LogP contribution < -0.4 is 0 Å². The Morgan fingerprint density at radius 1 is 1.55 bits per heavy atom. The lowest BCUT2D eigenvalue weighted by Crippen LogP contribution is -2.26. The molecule has 0 aliphatic heterocycles. The van der Waals surface area contributed by atoms with E-state index in [1.807, 2.05) is 11.4 Å². The minimum atomic E-state index is -0.990. The van der Waals surface area contributed by atoms with E-state index >= 15 is 0 Å². The third-order valence-electron chi connectivity index (χ3n) is 2.49. The molecule has 2 aromatic rings. The summed E-state index contributed by atoms with van der Waals surface area (Å²) in [6, 6.07) is 3.35.